The molecule has 0 unspecified atom stereocenters. The Kier molecular flexibility index (Phi) is 12.9. The Bertz CT molecular complexity index is 2170. The summed E-state index contributed by atoms with van der Waals surface area (Å²) < 4.78 is 67.9. The molecule has 8 atom stereocenters. The smallest absolute Gasteiger partial charge is 0.335 e. The molecule has 4 aromatic rings. The molecule has 0 aliphatic carbocycles. The molecule has 3 fully saturated rings. The minimum Gasteiger partial charge on any atom is -0.414 e. The number of ether oxygens (including phenoxy) is 2. The Morgan fingerprint density at radius 1 is 0.754 bits per heavy atom. The molecule has 7 rings (SSSR count). The molecule has 3 aliphatic heterocycles. The first-order chi connectivity index (χ1) is 28.3. The van der Waals surface area contributed by atoms with Gasteiger partial charge in [-0.15, -0.1) is 0 Å². The summed E-state index contributed by atoms with van der Waals surface area (Å²) >= 11 is 0. The SMILES string of the molecule is CC(C)[Si]1(C(C)C)OC[C@H]2O[C@@H](n3cnc4c(N(C)C)nc(N)nc43)[C@](C)(F)[C@@H]2O[Si](C(C)C)(C(C)C)O1.CN(C)c1nc(N)nc2c1ncn2[C@@H]1O[C@H](CO)[C@@H](O)[C@@]1(C)F. The maximum atomic E-state index is 17.1. The third kappa shape index (κ3) is 7.87. The van der Waals surface area contributed by atoms with Gasteiger partial charge in [0.15, 0.2) is 57.8 Å². The minimum absolute atomic E-state index is 0.0146. The lowest BCUT2D eigenvalue weighted by atomic mass is 9.98. The van der Waals surface area contributed by atoms with Gasteiger partial charge in [-0.2, -0.15) is 19.9 Å². The number of aliphatic hydroxyl groups is 2. The van der Waals surface area contributed by atoms with Gasteiger partial charge in [-0.1, -0.05) is 55.4 Å². The van der Waals surface area contributed by atoms with E-state index < -0.39 is 71.9 Å². The zero-order valence-corrected chi connectivity index (χ0v) is 39.7. The summed E-state index contributed by atoms with van der Waals surface area (Å²) in [5, 5.41) is 19.2. The molecule has 6 N–H and O–H groups in total. The van der Waals surface area contributed by atoms with Gasteiger partial charge in [-0.05, 0) is 36.0 Å². The van der Waals surface area contributed by atoms with E-state index in [4.69, 9.17) is 33.9 Å². The van der Waals surface area contributed by atoms with E-state index in [1.165, 1.54) is 24.7 Å². The van der Waals surface area contributed by atoms with Gasteiger partial charge in [-0.3, -0.25) is 9.13 Å². The zero-order valence-electron chi connectivity index (χ0n) is 37.7. The Morgan fingerprint density at radius 3 is 1.59 bits per heavy atom. The minimum atomic E-state index is -3.02. The van der Waals surface area contributed by atoms with Gasteiger partial charge in [-0.25, -0.2) is 18.7 Å². The van der Waals surface area contributed by atoms with Crippen LogP contribution in [0.15, 0.2) is 12.7 Å². The molecule has 23 heteroatoms. The third-order valence-electron chi connectivity index (χ3n) is 12.1. The van der Waals surface area contributed by atoms with E-state index in [1.54, 1.807) is 34.8 Å². The molecular formula is C38H64F2N12O7Si2. The topological polar surface area (TPSA) is 232 Å². The Balaban J connectivity index is 0.000000230. The number of hydrogen-bond acceptors (Lipinski definition) is 17. The molecule has 340 valence electrons. The van der Waals surface area contributed by atoms with Crippen molar-refractivity contribution in [1.82, 2.24) is 39.0 Å². The molecule has 0 amide bonds. The number of fused-ring (bicyclic) bond motifs is 3. The van der Waals surface area contributed by atoms with Crippen LogP contribution in [0.3, 0.4) is 0 Å². The van der Waals surface area contributed by atoms with E-state index in [-0.39, 0.29) is 40.7 Å². The molecule has 61 heavy (non-hydrogen) atoms. The van der Waals surface area contributed by atoms with Gasteiger partial charge in [0.1, 0.15) is 24.4 Å². The zero-order chi connectivity index (χ0) is 45.3. The van der Waals surface area contributed by atoms with Crippen molar-refractivity contribution in [1.29, 1.82) is 0 Å². The van der Waals surface area contributed by atoms with E-state index in [0.717, 1.165) is 0 Å². The van der Waals surface area contributed by atoms with Crippen LogP contribution in [0.2, 0.25) is 22.2 Å². The molecule has 0 radical (unpaired) electrons. The highest BCUT2D eigenvalue weighted by Crippen LogP contribution is 2.52. The fourth-order valence-electron chi connectivity index (χ4n) is 8.82. The van der Waals surface area contributed by atoms with E-state index in [9.17, 15) is 14.6 Å². The second-order valence-corrected chi connectivity index (χ2v) is 27.1. The number of aliphatic hydroxyl groups excluding tert-OH is 2. The van der Waals surface area contributed by atoms with Gasteiger partial charge >= 0.3 is 17.1 Å². The molecule has 0 saturated carbocycles. The van der Waals surface area contributed by atoms with Crippen molar-refractivity contribution in [2.75, 3.05) is 62.7 Å². The number of nitrogens with two attached hydrogens (primary N) is 2. The van der Waals surface area contributed by atoms with Crippen LogP contribution in [0.25, 0.3) is 22.3 Å². The molecule has 0 spiro atoms. The highest BCUT2D eigenvalue weighted by molar-refractivity contribution is 6.84. The van der Waals surface area contributed by atoms with Crippen LogP contribution in [0.1, 0.15) is 81.7 Å². The molecule has 0 bridgehead atoms. The predicted molar refractivity (Wildman–Crippen MR) is 232 cm³/mol. The molecule has 19 nitrogen and oxygen atoms in total. The van der Waals surface area contributed by atoms with Crippen LogP contribution >= 0.6 is 0 Å². The standard InChI is InChI=1S/C25H45FN6O4Si2.C13H19FN6O3/c1-14(2)37(15(3)4)33-12-18-20(35-38(36-37,16(5)6)17(7)8)25(9,26)23(34-18)32-13-28-19-21(31(10)11)29-24(27)30-22(19)32;1-13(14)8(22)6(4-21)23-11(13)20-5-16-7-9(19(2)3)17-12(15)18-10(7)20/h13-18,20,23H,12H2,1-11H3,(H2,27,29,30);5-6,8,11,21-22H,4H2,1-3H3,(H2,15,17,18)/t18-,20-,23-,25-;6-,8-,11-,13-/m11/s1. The van der Waals surface area contributed by atoms with Crippen LogP contribution < -0.4 is 21.3 Å². The maximum absolute atomic E-state index is 17.1. The summed E-state index contributed by atoms with van der Waals surface area (Å²) in [7, 11) is 1.45. The van der Waals surface area contributed by atoms with Crippen molar-refractivity contribution < 1.29 is 41.4 Å². The van der Waals surface area contributed by atoms with Crippen molar-refractivity contribution in [3.8, 4) is 0 Å². The van der Waals surface area contributed by atoms with E-state index in [2.05, 4.69) is 85.3 Å². The Morgan fingerprint density at radius 2 is 1.20 bits per heavy atom. The average Bonchev–Trinajstić information content (AvgIpc) is 3.88. The predicted octanol–water partition coefficient (Wildman–Crippen LogP) is 4.51. The molecule has 4 aromatic heterocycles. The quantitative estimate of drug-likeness (QED) is 0.169. The van der Waals surface area contributed by atoms with Crippen molar-refractivity contribution in [3.63, 3.8) is 0 Å². The lowest BCUT2D eigenvalue weighted by molar-refractivity contribution is -0.0594. The maximum Gasteiger partial charge on any atom is 0.335 e. The number of aromatic nitrogens is 8. The number of hydrogen-bond donors (Lipinski definition) is 4. The average molecular weight is 895 g/mol. The number of alkyl halides is 2. The Labute approximate surface area is 357 Å². The highest BCUT2D eigenvalue weighted by atomic mass is 28.5. The first-order valence-corrected chi connectivity index (χ1v) is 24.6. The van der Waals surface area contributed by atoms with E-state index in [1.807, 2.05) is 14.1 Å². The number of nitrogen functional groups attached to an aromatic ring is 2. The monoisotopic (exact) mass is 894 g/mol. The molecule has 0 aromatic carbocycles. The second kappa shape index (κ2) is 16.8. The molecule has 3 saturated heterocycles. The Hall–Kier alpha value is -3.69. The van der Waals surface area contributed by atoms with Gasteiger partial charge in [0.25, 0.3) is 0 Å². The largest absolute Gasteiger partial charge is 0.414 e. The van der Waals surface area contributed by atoms with Crippen molar-refractivity contribution in [2.24, 2.45) is 0 Å². The van der Waals surface area contributed by atoms with Crippen LogP contribution in [-0.2, 0) is 22.4 Å². The highest BCUT2D eigenvalue weighted by Gasteiger charge is 2.65. The van der Waals surface area contributed by atoms with Crippen molar-refractivity contribution >= 4 is 63.0 Å². The molecular weight excluding hydrogens is 831 g/mol. The van der Waals surface area contributed by atoms with Crippen molar-refractivity contribution in [2.45, 2.75) is 140 Å². The number of imidazole rings is 2. The molecule has 3 aliphatic rings. The summed E-state index contributed by atoms with van der Waals surface area (Å²) in [4.78, 5) is 29.2. The second-order valence-electron chi connectivity index (χ2n) is 18.2. The fraction of sp³-hybridized carbons (Fsp3) is 0.737. The lowest BCUT2D eigenvalue weighted by Gasteiger charge is -2.51. The lowest BCUT2D eigenvalue weighted by Crippen LogP contribution is -2.66. The van der Waals surface area contributed by atoms with Crippen LogP contribution in [0.5, 0.6) is 0 Å². The van der Waals surface area contributed by atoms with E-state index >= 15 is 4.39 Å². The summed E-state index contributed by atoms with van der Waals surface area (Å²) in [5.41, 5.74) is 9.88. The first kappa shape index (κ1) is 46.8. The van der Waals surface area contributed by atoms with Gasteiger partial charge < -0.3 is 53.9 Å². The van der Waals surface area contributed by atoms with E-state index in [0.29, 0.717) is 34.0 Å². The number of anilines is 4. The summed E-state index contributed by atoms with van der Waals surface area (Å²) in [6.07, 6.45) is -3.35. The molecule has 7 heterocycles. The number of halogens is 2. The van der Waals surface area contributed by atoms with Gasteiger partial charge in [0.2, 0.25) is 11.9 Å². The summed E-state index contributed by atoms with van der Waals surface area (Å²) in [6, 6.07) is 0. The fourth-order valence-corrected chi connectivity index (χ4v) is 20.1. The summed E-state index contributed by atoms with van der Waals surface area (Å²) in [6.45, 7) is 19.6. The van der Waals surface area contributed by atoms with Gasteiger partial charge in [0, 0.05) is 28.2 Å². The van der Waals surface area contributed by atoms with Crippen LogP contribution in [-0.4, -0.2) is 144 Å². The van der Waals surface area contributed by atoms with Crippen LogP contribution in [0.4, 0.5) is 32.3 Å². The normalized spacial score (nSPS) is 29.9. The first-order valence-electron chi connectivity index (χ1n) is 20.7. The van der Waals surface area contributed by atoms with Crippen molar-refractivity contribution in [3.05, 3.63) is 12.7 Å². The van der Waals surface area contributed by atoms with Gasteiger partial charge in [0.05, 0.1) is 25.9 Å². The third-order valence-corrected chi connectivity index (χ3v) is 22.3. The summed E-state index contributed by atoms with van der Waals surface area (Å²) in [5.74, 6) is 1.14. The number of rotatable bonds is 9. The number of nitrogens with zero attached hydrogens (tertiary/aromatic N) is 10. The van der Waals surface area contributed by atoms with Crippen LogP contribution in [0, 0.1) is 0 Å².